The van der Waals surface area contributed by atoms with Gasteiger partial charge in [-0.2, -0.15) is 13.2 Å². The molecule has 2 amide bonds. The maximum absolute atomic E-state index is 13.9. The zero-order valence-corrected chi connectivity index (χ0v) is 24.7. The predicted octanol–water partition coefficient (Wildman–Crippen LogP) is 6.07. The van der Waals surface area contributed by atoms with E-state index in [1.165, 1.54) is 36.2 Å². The first-order valence-electron chi connectivity index (χ1n) is 12.4. The topological polar surface area (TPSA) is 86.8 Å². The highest BCUT2D eigenvalue weighted by atomic mass is 35.5. The van der Waals surface area contributed by atoms with Crippen LogP contribution in [0.2, 0.25) is 10.0 Å². The number of rotatable bonds is 10. The molecule has 0 aliphatic heterocycles. The SMILES string of the molecule is CCC(C(=O)NC)N(Cc1ccc(Cl)cc1)C(=O)CN(c1ccc(Cl)c(C(F)(F)F)c1)S(=O)(=O)c1ccc(C)cc1. The molecule has 0 bridgehead atoms. The van der Waals surface area contributed by atoms with E-state index in [4.69, 9.17) is 23.2 Å². The van der Waals surface area contributed by atoms with E-state index in [1.807, 2.05) is 0 Å². The molecule has 41 heavy (non-hydrogen) atoms. The third-order valence-electron chi connectivity index (χ3n) is 6.33. The number of carbonyl (C=O) groups is 2. The number of alkyl halides is 3. The zero-order chi connectivity index (χ0) is 30.5. The highest BCUT2D eigenvalue weighted by molar-refractivity contribution is 7.92. The van der Waals surface area contributed by atoms with Gasteiger partial charge in [0.05, 0.1) is 21.2 Å². The third-order valence-corrected chi connectivity index (χ3v) is 8.70. The van der Waals surface area contributed by atoms with Gasteiger partial charge in [0.25, 0.3) is 10.0 Å². The van der Waals surface area contributed by atoms with Crippen LogP contribution in [0.25, 0.3) is 0 Å². The molecular weight excluding hydrogens is 602 g/mol. The Balaban J connectivity index is 2.14. The molecule has 0 radical (unpaired) electrons. The Morgan fingerprint density at radius 3 is 2.12 bits per heavy atom. The summed E-state index contributed by atoms with van der Waals surface area (Å²) in [5.41, 5.74) is -0.329. The first-order chi connectivity index (χ1) is 19.2. The molecule has 1 atom stereocenters. The molecule has 0 aliphatic rings. The van der Waals surface area contributed by atoms with Crippen LogP contribution in [0.4, 0.5) is 18.9 Å². The molecule has 3 rings (SSSR count). The summed E-state index contributed by atoms with van der Waals surface area (Å²) in [6.45, 7) is 2.44. The summed E-state index contributed by atoms with van der Waals surface area (Å²) in [4.78, 5) is 27.6. The summed E-state index contributed by atoms with van der Waals surface area (Å²) in [6, 6.07) is 13.8. The Labute approximate surface area is 246 Å². The zero-order valence-electron chi connectivity index (χ0n) is 22.4. The summed E-state index contributed by atoms with van der Waals surface area (Å²) < 4.78 is 69.4. The lowest BCUT2D eigenvalue weighted by Gasteiger charge is -2.33. The van der Waals surface area contributed by atoms with Crippen LogP contribution in [0.1, 0.15) is 30.0 Å². The van der Waals surface area contributed by atoms with Crippen molar-refractivity contribution >= 4 is 50.7 Å². The molecule has 0 fully saturated rings. The number of carbonyl (C=O) groups excluding carboxylic acids is 2. The van der Waals surface area contributed by atoms with Crippen molar-refractivity contribution < 1.29 is 31.2 Å². The molecule has 0 heterocycles. The van der Waals surface area contributed by atoms with Crippen LogP contribution in [0, 0.1) is 6.92 Å². The second kappa shape index (κ2) is 13.1. The van der Waals surface area contributed by atoms with Gasteiger partial charge in [-0.25, -0.2) is 8.42 Å². The van der Waals surface area contributed by atoms with Crippen molar-refractivity contribution in [1.29, 1.82) is 0 Å². The number of benzene rings is 3. The van der Waals surface area contributed by atoms with Gasteiger partial charge in [-0.3, -0.25) is 13.9 Å². The summed E-state index contributed by atoms with van der Waals surface area (Å²) in [6.07, 6.45) is -4.70. The Kier molecular flexibility index (Phi) is 10.3. The molecule has 3 aromatic rings. The number of anilines is 1. The average molecular weight is 631 g/mol. The molecule has 0 saturated heterocycles. The van der Waals surface area contributed by atoms with Crippen molar-refractivity contribution in [3.05, 3.63) is 93.5 Å². The second-order valence-corrected chi connectivity index (χ2v) is 11.9. The monoisotopic (exact) mass is 629 g/mol. The fourth-order valence-electron chi connectivity index (χ4n) is 4.12. The number of aryl methyl sites for hydroxylation is 1. The van der Waals surface area contributed by atoms with Crippen LogP contribution in [0.15, 0.2) is 71.6 Å². The molecular formula is C28H28Cl2F3N3O4S. The Morgan fingerprint density at radius 2 is 1.59 bits per heavy atom. The maximum Gasteiger partial charge on any atom is 0.417 e. The van der Waals surface area contributed by atoms with Crippen molar-refractivity contribution in [2.24, 2.45) is 0 Å². The first kappa shape index (κ1) is 32.2. The minimum Gasteiger partial charge on any atom is -0.357 e. The molecule has 220 valence electrons. The number of hydrogen-bond donors (Lipinski definition) is 1. The van der Waals surface area contributed by atoms with Crippen LogP contribution in [-0.2, 0) is 32.3 Å². The number of sulfonamides is 1. The van der Waals surface area contributed by atoms with Crippen LogP contribution in [0.5, 0.6) is 0 Å². The normalized spacial score (nSPS) is 12.5. The summed E-state index contributed by atoms with van der Waals surface area (Å²) >= 11 is 11.8. The smallest absolute Gasteiger partial charge is 0.357 e. The Morgan fingerprint density at radius 1 is 0.976 bits per heavy atom. The number of halogens is 5. The lowest BCUT2D eigenvalue weighted by molar-refractivity contribution is -0.140. The van der Waals surface area contributed by atoms with E-state index in [-0.39, 0.29) is 17.9 Å². The summed E-state index contributed by atoms with van der Waals surface area (Å²) in [5, 5.41) is 2.32. The summed E-state index contributed by atoms with van der Waals surface area (Å²) in [5.74, 6) is -1.30. The number of likely N-dealkylation sites (N-methyl/N-ethyl adjacent to an activating group) is 1. The Bertz CT molecular complexity index is 1500. The van der Waals surface area contributed by atoms with Gasteiger partial charge < -0.3 is 10.2 Å². The summed E-state index contributed by atoms with van der Waals surface area (Å²) in [7, 11) is -3.15. The molecule has 3 aromatic carbocycles. The standard InChI is InChI=1S/C28H28Cl2F3N3O4S/c1-4-25(27(38)34-3)35(16-19-7-9-20(29)10-8-19)26(37)17-36(41(39,40)22-12-5-18(2)6-13-22)21-11-14-24(30)23(15-21)28(31,32)33/h5-15,25H,4,16-17H2,1-3H3,(H,34,38). The number of amides is 2. The van der Waals surface area contributed by atoms with Crippen molar-refractivity contribution in [2.75, 3.05) is 17.9 Å². The predicted molar refractivity (Wildman–Crippen MR) is 152 cm³/mol. The first-order valence-corrected chi connectivity index (χ1v) is 14.6. The number of nitrogens with one attached hydrogen (secondary N) is 1. The maximum atomic E-state index is 13.9. The molecule has 1 N–H and O–H groups in total. The van der Waals surface area contributed by atoms with Gasteiger partial charge >= 0.3 is 6.18 Å². The van der Waals surface area contributed by atoms with E-state index in [9.17, 15) is 31.2 Å². The molecule has 0 spiro atoms. The third kappa shape index (κ3) is 7.72. The van der Waals surface area contributed by atoms with Gasteiger partial charge in [-0.15, -0.1) is 0 Å². The van der Waals surface area contributed by atoms with Crippen molar-refractivity contribution in [1.82, 2.24) is 10.2 Å². The van der Waals surface area contributed by atoms with E-state index >= 15 is 0 Å². The van der Waals surface area contributed by atoms with E-state index < -0.39 is 56.9 Å². The minimum absolute atomic E-state index is 0.0885. The van der Waals surface area contributed by atoms with E-state index in [0.717, 1.165) is 17.7 Å². The van der Waals surface area contributed by atoms with Crippen molar-refractivity contribution in [3.8, 4) is 0 Å². The number of hydrogen-bond acceptors (Lipinski definition) is 4. The van der Waals surface area contributed by atoms with Crippen LogP contribution in [0.3, 0.4) is 0 Å². The van der Waals surface area contributed by atoms with Gasteiger partial charge in [0, 0.05) is 18.6 Å². The number of nitrogens with zero attached hydrogens (tertiary/aromatic N) is 2. The van der Waals surface area contributed by atoms with Gasteiger partial charge in [-0.1, -0.05) is 60.0 Å². The van der Waals surface area contributed by atoms with E-state index in [1.54, 1.807) is 38.1 Å². The second-order valence-electron chi connectivity index (χ2n) is 9.17. The van der Waals surface area contributed by atoms with Gasteiger partial charge in [0.15, 0.2) is 0 Å². The average Bonchev–Trinajstić information content (AvgIpc) is 2.92. The van der Waals surface area contributed by atoms with Crippen molar-refractivity contribution in [3.63, 3.8) is 0 Å². The fraction of sp³-hybridized carbons (Fsp3) is 0.286. The molecule has 7 nitrogen and oxygen atoms in total. The van der Waals surface area contributed by atoms with E-state index in [2.05, 4.69) is 5.32 Å². The highest BCUT2D eigenvalue weighted by Gasteiger charge is 2.37. The highest BCUT2D eigenvalue weighted by Crippen LogP contribution is 2.38. The minimum atomic E-state index is -4.89. The molecule has 13 heteroatoms. The van der Waals surface area contributed by atoms with Gasteiger partial charge in [-0.05, 0) is 61.4 Å². The quantitative estimate of drug-likeness (QED) is 0.295. The Hall–Kier alpha value is -3.28. The van der Waals surface area contributed by atoms with Gasteiger partial charge in [0.2, 0.25) is 11.8 Å². The van der Waals surface area contributed by atoms with Crippen LogP contribution < -0.4 is 9.62 Å². The molecule has 1 unspecified atom stereocenters. The largest absolute Gasteiger partial charge is 0.417 e. The molecule has 0 aromatic heterocycles. The lowest BCUT2D eigenvalue weighted by atomic mass is 10.1. The molecule has 0 saturated carbocycles. The van der Waals surface area contributed by atoms with Crippen molar-refractivity contribution in [2.45, 2.75) is 43.9 Å². The fourth-order valence-corrected chi connectivity index (χ4v) is 5.88. The van der Waals surface area contributed by atoms with E-state index in [0.29, 0.717) is 21.0 Å². The van der Waals surface area contributed by atoms with Crippen LogP contribution in [-0.4, -0.2) is 44.8 Å². The lowest BCUT2D eigenvalue weighted by Crippen LogP contribution is -2.51. The van der Waals surface area contributed by atoms with Gasteiger partial charge in [0.1, 0.15) is 12.6 Å². The van der Waals surface area contributed by atoms with Crippen LogP contribution >= 0.6 is 23.2 Å². The molecule has 0 aliphatic carbocycles.